The van der Waals surface area contributed by atoms with E-state index in [1.807, 2.05) is 31.2 Å². The third-order valence-corrected chi connectivity index (χ3v) is 4.42. The summed E-state index contributed by atoms with van der Waals surface area (Å²) >= 11 is 0. The summed E-state index contributed by atoms with van der Waals surface area (Å²) in [5.74, 6) is -1.33. The molecule has 1 aromatic carbocycles. The molecule has 24 heavy (non-hydrogen) atoms. The van der Waals surface area contributed by atoms with Gasteiger partial charge in [0.15, 0.2) is 5.69 Å². The number of aryl methyl sites for hydroxylation is 1. The lowest BCUT2D eigenvalue weighted by molar-refractivity contribution is -0.143. The summed E-state index contributed by atoms with van der Waals surface area (Å²) in [7, 11) is 0. The summed E-state index contributed by atoms with van der Waals surface area (Å²) in [6.07, 6.45) is 2.10. The standard InChI is InChI=1S/C17H20N4O3/c1-11-6-8-13(9-7-11)21-12(2)15(18-19-21)16(22)20-10-4-3-5-14(20)17(23)24/h6-9,14H,3-5,10H2,1-2H3,(H,23,24)/t14-/m1/s1. The van der Waals surface area contributed by atoms with Crippen LogP contribution in [0, 0.1) is 13.8 Å². The van der Waals surface area contributed by atoms with Crippen molar-refractivity contribution < 1.29 is 14.7 Å². The van der Waals surface area contributed by atoms with Crippen molar-refractivity contribution in [2.24, 2.45) is 0 Å². The van der Waals surface area contributed by atoms with E-state index in [2.05, 4.69) is 10.3 Å². The molecule has 1 aromatic heterocycles. The van der Waals surface area contributed by atoms with E-state index >= 15 is 0 Å². The van der Waals surface area contributed by atoms with Gasteiger partial charge in [0.2, 0.25) is 0 Å². The van der Waals surface area contributed by atoms with Crippen LogP contribution < -0.4 is 0 Å². The van der Waals surface area contributed by atoms with Gasteiger partial charge in [0, 0.05) is 6.54 Å². The summed E-state index contributed by atoms with van der Waals surface area (Å²) < 4.78 is 1.60. The second kappa shape index (κ2) is 6.43. The molecule has 1 fully saturated rings. The summed E-state index contributed by atoms with van der Waals surface area (Å²) in [6, 6.07) is 6.96. The molecule has 1 amide bonds. The number of hydrogen-bond acceptors (Lipinski definition) is 4. The number of carboxylic acids is 1. The van der Waals surface area contributed by atoms with Crippen LogP contribution in [0.4, 0.5) is 0 Å². The molecular weight excluding hydrogens is 308 g/mol. The molecule has 1 saturated heterocycles. The van der Waals surface area contributed by atoms with Crippen molar-refractivity contribution in [2.45, 2.75) is 39.2 Å². The maximum Gasteiger partial charge on any atom is 0.326 e. The fraction of sp³-hybridized carbons (Fsp3) is 0.412. The van der Waals surface area contributed by atoms with Crippen molar-refractivity contribution in [2.75, 3.05) is 6.54 Å². The molecular formula is C17H20N4O3. The zero-order chi connectivity index (χ0) is 17.3. The molecule has 2 aromatic rings. The Morgan fingerprint density at radius 1 is 1.17 bits per heavy atom. The minimum Gasteiger partial charge on any atom is -0.480 e. The zero-order valence-corrected chi connectivity index (χ0v) is 13.8. The van der Waals surface area contributed by atoms with Crippen molar-refractivity contribution in [1.82, 2.24) is 19.9 Å². The highest BCUT2D eigenvalue weighted by molar-refractivity contribution is 5.96. The summed E-state index contributed by atoms with van der Waals surface area (Å²) in [4.78, 5) is 25.6. The van der Waals surface area contributed by atoms with Gasteiger partial charge < -0.3 is 10.0 Å². The molecule has 0 aliphatic carbocycles. The number of likely N-dealkylation sites (tertiary alicyclic amines) is 1. The van der Waals surface area contributed by atoms with Crippen molar-refractivity contribution in [3.8, 4) is 5.69 Å². The van der Waals surface area contributed by atoms with Crippen LogP contribution in [-0.4, -0.2) is 49.5 Å². The fourth-order valence-electron chi connectivity index (χ4n) is 3.03. The van der Waals surface area contributed by atoms with Crippen molar-refractivity contribution >= 4 is 11.9 Å². The average Bonchev–Trinajstić information content (AvgIpc) is 2.96. The summed E-state index contributed by atoms with van der Waals surface area (Å²) in [5.41, 5.74) is 2.77. The number of carbonyl (C=O) groups is 2. The second-order valence-corrected chi connectivity index (χ2v) is 6.12. The number of benzene rings is 1. The topological polar surface area (TPSA) is 88.3 Å². The largest absolute Gasteiger partial charge is 0.480 e. The first-order valence-corrected chi connectivity index (χ1v) is 8.02. The van der Waals surface area contributed by atoms with E-state index in [0.717, 1.165) is 24.1 Å². The molecule has 3 rings (SSSR count). The van der Waals surface area contributed by atoms with E-state index in [1.165, 1.54) is 4.90 Å². The number of amides is 1. The predicted molar refractivity (Wildman–Crippen MR) is 87.1 cm³/mol. The Bertz CT molecular complexity index is 767. The predicted octanol–water partition coefficient (Wildman–Crippen LogP) is 1.96. The molecule has 0 spiro atoms. The Morgan fingerprint density at radius 2 is 1.88 bits per heavy atom. The number of hydrogen-bond donors (Lipinski definition) is 1. The van der Waals surface area contributed by atoms with Crippen LogP contribution >= 0.6 is 0 Å². The second-order valence-electron chi connectivity index (χ2n) is 6.12. The van der Waals surface area contributed by atoms with Gasteiger partial charge in [-0.2, -0.15) is 0 Å². The molecule has 126 valence electrons. The van der Waals surface area contributed by atoms with Crippen LogP contribution in [0.15, 0.2) is 24.3 Å². The van der Waals surface area contributed by atoms with Gasteiger partial charge in [-0.3, -0.25) is 4.79 Å². The first-order chi connectivity index (χ1) is 11.5. The minimum absolute atomic E-state index is 0.212. The number of piperidine rings is 1. The monoisotopic (exact) mass is 328 g/mol. The molecule has 0 saturated carbocycles. The van der Waals surface area contributed by atoms with Crippen molar-refractivity contribution in [3.63, 3.8) is 0 Å². The first-order valence-electron chi connectivity index (χ1n) is 8.02. The number of aliphatic carboxylic acids is 1. The van der Waals surface area contributed by atoms with Gasteiger partial charge in [-0.15, -0.1) is 5.10 Å². The Balaban J connectivity index is 1.91. The van der Waals surface area contributed by atoms with E-state index in [0.29, 0.717) is 18.7 Å². The number of carboxylic acid groups (broad SMARTS) is 1. The van der Waals surface area contributed by atoms with Crippen LogP contribution in [0.2, 0.25) is 0 Å². The quantitative estimate of drug-likeness (QED) is 0.930. The minimum atomic E-state index is -0.966. The number of nitrogens with zero attached hydrogens (tertiary/aromatic N) is 4. The van der Waals surface area contributed by atoms with Gasteiger partial charge in [0.25, 0.3) is 5.91 Å². The Hall–Kier alpha value is -2.70. The Morgan fingerprint density at radius 3 is 2.54 bits per heavy atom. The lowest BCUT2D eigenvalue weighted by Crippen LogP contribution is -2.48. The van der Waals surface area contributed by atoms with Gasteiger partial charge in [0.1, 0.15) is 6.04 Å². The molecule has 7 nitrogen and oxygen atoms in total. The van der Waals surface area contributed by atoms with Crippen LogP contribution in [-0.2, 0) is 4.79 Å². The number of aromatic nitrogens is 3. The highest BCUT2D eigenvalue weighted by Crippen LogP contribution is 2.21. The van der Waals surface area contributed by atoms with E-state index in [4.69, 9.17) is 0 Å². The molecule has 7 heteroatoms. The number of rotatable bonds is 3. The molecule has 1 aliphatic rings. The van der Waals surface area contributed by atoms with Gasteiger partial charge in [-0.05, 0) is 45.2 Å². The van der Waals surface area contributed by atoms with E-state index < -0.39 is 12.0 Å². The normalized spacial score (nSPS) is 17.8. The number of carbonyl (C=O) groups excluding carboxylic acids is 1. The van der Waals surface area contributed by atoms with Gasteiger partial charge in [-0.25, -0.2) is 9.48 Å². The SMILES string of the molecule is Cc1ccc(-n2nnc(C(=O)N3CCCC[C@@H]3C(=O)O)c2C)cc1. The molecule has 1 aliphatic heterocycles. The molecule has 1 N–H and O–H groups in total. The van der Waals surface area contributed by atoms with Crippen LogP contribution in [0.3, 0.4) is 0 Å². The maximum atomic E-state index is 12.8. The summed E-state index contributed by atoms with van der Waals surface area (Å²) in [6.45, 7) is 4.20. The van der Waals surface area contributed by atoms with Crippen molar-refractivity contribution in [1.29, 1.82) is 0 Å². The van der Waals surface area contributed by atoms with Gasteiger partial charge in [0.05, 0.1) is 11.4 Å². The van der Waals surface area contributed by atoms with E-state index in [9.17, 15) is 14.7 Å². The zero-order valence-electron chi connectivity index (χ0n) is 13.8. The molecule has 0 unspecified atom stereocenters. The molecule has 1 atom stereocenters. The van der Waals surface area contributed by atoms with Crippen molar-refractivity contribution in [3.05, 3.63) is 41.2 Å². The third kappa shape index (κ3) is 2.89. The highest BCUT2D eigenvalue weighted by atomic mass is 16.4. The maximum absolute atomic E-state index is 12.8. The van der Waals surface area contributed by atoms with Crippen LogP contribution in [0.1, 0.15) is 41.0 Å². The Kier molecular flexibility index (Phi) is 4.33. The lowest BCUT2D eigenvalue weighted by Gasteiger charge is -2.32. The Labute approximate surface area is 139 Å². The average molecular weight is 328 g/mol. The van der Waals surface area contributed by atoms with E-state index in [1.54, 1.807) is 11.6 Å². The van der Waals surface area contributed by atoms with Crippen LogP contribution in [0.25, 0.3) is 5.69 Å². The summed E-state index contributed by atoms with van der Waals surface area (Å²) in [5, 5.41) is 17.4. The fourth-order valence-corrected chi connectivity index (χ4v) is 3.03. The lowest BCUT2D eigenvalue weighted by atomic mass is 10.0. The molecule has 0 radical (unpaired) electrons. The highest BCUT2D eigenvalue weighted by Gasteiger charge is 2.34. The smallest absolute Gasteiger partial charge is 0.326 e. The van der Waals surface area contributed by atoms with Crippen LogP contribution in [0.5, 0.6) is 0 Å². The molecule has 2 heterocycles. The van der Waals surface area contributed by atoms with Gasteiger partial charge >= 0.3 is 5.97 Å². The first kappa shape index (κ1) is 16.2. The third-order valence-electron chi connectivity index (χ3n) is 4.42. The van der Waals surface area contributed by atoms with Gasteiger partial charge in [-0.1, -0.05) is 22.9 Å². The molecule has 0 bridgehead atoms. The van der Waals surface area contributed by atoms with E-state index in [-0.39, 0.29) is 11.6 Å².